The van der Waals surface area contributed by atoms with Gasteiger partial charge in [-0.25, -0.2) is 0 Å². The molecule has 0 heterocycles. The fourth-order valence-corrected chi connectivity index (χ4v) is 9.62. The highest BCUT2D eigenvalue weighted by atomic mass is 35.7. The Kier molecular flexibility index (Phi) is 7.08. The van der Waals surface area contributed by atoms with Crippen LogP contribution in [-0.2, 0) is 0 Å². The van der Waals surface area contributed by atoms with E-state index in [-0.39, 0.29) is 0 Å². The van der Waals surface area contributed by atoms with E-state index in [0.29, 0.717) is 0 Å². The van der Waals surface area contributed by atoms with Gasteiger partial charge in [0.15, 0.2) is 7.38 Å². The van der Waals surface area contributed by atoms with Crippen LogP contribution in [-0.4, -0.2) is 14.1 Å². The molecule has 0 spiro atoms. The summed E-state index contributed by atoms with van der Waals surface area (Å²) in [6.07, 6.45) is 1.82. The minimum Gasteiger partial charge on any atom is -0.167 e. The number of rotatable bonds is 7. The van der Waals surface area contributed by atoms with E-state index >= 15 is 0 Å². The van der Waals surface area contributed by atoms with Crippen molar-refractivity contribution >= 4 is 47.3 Å². The second-order valence-corrected chi connectivity index (χ2v) is 17.9. The molecule has 0 atom stereocenters. The third-order valence-corrected chi connectivity index (χ3v) is 12.9. The van der Waals surface area contributed by atoms with E-state index in [1.165, 1.54) is 0 Å². The molecule has 5 heteroatoms. The molecule has 0 saturated carbocycles. The molecular weight excluding hydrogens is 271 g/mol. The van der Waals surface area contributed by atoms with Gasteiger partial charge >= 0.3 is 0 Å². The highest BCUT2D eigenvalue weighted by molar-refractivity contribution is 7.45. The topological polar surface area (TPSA) is 0 Å². The van der Waals surface area contributed by atoms with Crippen molar-refractivity contribution < 1.29 is 0 Å². The van der Waals surface area contributed by atoms with Gasteiger partial charge in [0, 0.05) is 0 Å². The van der Waals surface area contributed by atoms with E-state index in [9.17, 15) is 0 Å². The summed E-state index contributed by atoms with van der Waals surface area (Å²) in [6, 6.07) is 4.95. The largest absolute Gasteiger partial charge is 0.254 e. The maximum absolute atomic E-state index is 6.53. The molecule has 0 amide bonds. The first-order chi connectivity index (χ1) is 6.39. The summed E-state index contributed by atoms with van der Waals surface area (Å²) in [4.78, 5) is 0. The average molecular weight is 290 g/mol. The number of hydrogen-bond acceptors (Lipinski definition) is 0. The Bertz CT molecular complexity index is 179. The van der Waals surface area contributed by atoms with Gasteiger partial charge < -0.3 is 0 Å². The zero-order chi connectivity index (χ0) is 11.2. The summed E-state index contributed by atoms with van der Waals surface area (Å²) >= 11 is 19.0. The summed E-state index contributed by atoms with van der Waals surface area (Å²) < 4.78 is 0. The van der Waals surface area contributed by atoms with E-state index in [1.54, 1.807) is 0 Å². The van der Waals surface area contributed by atoms with Crippen LogP contribution in [0.1, 0.15) is 13.8 Å². The number of hydrogen-bond donors (Lipinski definition) is 0. The molecule has 0 aromatic carbocycles. The van der Waals surface area contributed by atoms with E-state index in [4.69, 9.17) is 33.2 Å². The molecule has 0 radical (unpaired) electrons. The fraction of sp³-hybridized carbons (Fsp3) is 0.778. The Balaban J connectivity index is 4.08. The van der Waals surface area contributed by atoms with Gasteiger partial charge in [-0.3, -0.25) is 0 Å². The third-order valence-electron chi connectivity index (χ3n) is 2.65. The molecular formula is C9H19Cl3Si2. The molecule has 0 bridgehead atoms. The molecule has 0 aliphatic heterocycles. The van der Waals surface area contributed by atoms with Gasteiger partial charge in [-0.1, -0.05) is 19.9 Å². The zero-order valence-corrected chi connectivity index (χ0v) is 13.2. The smallest absolute Gasteiger partial charge is 0.167 e. The Morgan fingerprint density at radius 1 is 1.07 bits per heavy atom. The van der Waals surface area contributed by atoms with E-state index in [2.05, 4.69) is 20.4 Å². The Labute approximate surface area is 104 Å². The predicted molar refractivity (Wildman–Crippen MR) is 74.6 cm³/mol. The molecule has 0 rings (SSSR count). The molecule has 0 aromatic heterocycles. The van der Waals surface area contributed by atoms with Crippen molar-refractivity contribution in [3.63, 3.8) is 0 Å². The first-order valence-corrected chi connectivity index (χ1v) is 13.1. The summed E-state index contributed by atoms with van der Waals surface area (Å²) in [5.74, 6) is 0. The second-order valence-electron chi connectivity index (χ2n) is 3.71. The molecule has 0 unspecified atom stereocenters. The first-order valence-electron chi connectivity index (χ1n) is 5.07. The fourth-order valence-electron chi connectivity index (χ4n) is 1.32. The lowest BCUT2D eigenvalue weighted by Gasteiger charge is -2.24. The molecule has 0 nitrogen and oxygen atoms in total. The lowest BCUT2D eigenvalue weighted by Crippen LogP contribution is -2.28. The van der Waals surface area contributed by atoms with Crippen LogP contribution in [0.15, 0.2) is 12.7 Å². The van der Waals surface area contributed by atoms with Crippen LogP contribution >= 0.6 is 33.2 Å². The molecule has 0 aromatic rings. The molecule has 0 saturated heterocycles. The van der Waals surface area contributed by atoms with Gasteiger partial charge in [0.1, 0.15) is 0 Å². The van der Waals surface area contributed by atoms with Crippen molar-refractivity contribution in [1.29, 1.82) is 0 Å². The van der Waals surface area contributed by atoms with Crippen molar-refractivity contribution in [2.45, 2.75) is 44.1 Å². The number of allylic oxidation sites excluding steroid dienone is 1. The quantitative estimate of drug-likeness (QED) is 0.338. The maximum atomic E-state index is 6.53. The minimum absolute atomic E-state index is 0.769. The summed E-state index contributed by atoms with van der Waals surface area (Å²) in [5.41, 5.74) is 0. The van der Waals surface area contributed by atoms with Gasteiger partial charge in [0.05, 0.1) is 0 Å². The zero-order valence-electron chi connectivity index (χ0n) is 8.95. The monoisotopic (exact) mass is 288 g/mol. The van der Waals surface area contributed by atoms with Gasteiger partial charge in [0.25, 0.3) is 6.69 Å². The molecule has 0 N–H and O–H groups in total. The van der Waals surface area contributed by atoms with E-state index in [0.717, 1.165) is 30.2 Å². The maximum Gasteiger partial charge on any atom is 0.254 e. The van der Waals surface area contributed by atoms with Crippen molar-refractivity contribution in [3.8, 4) is 0 Å². The van der Waals surface area contributed by atoms with Crippen molar-refractivity contribution in [2.24, 2.45) is 0 Å². The minimum atomic E-state index is -2.07. The lowest BCUT2D eigenvalue weighted by atomic mass is 10.8. The highest BCUT2D eigenvalue weighted by Crippen LogP contribution is 2.34. The van der Waals surface area contributed by atoms with Crippen LogP contribution in [0.2, 0.25) is 30.2 Å². The molecule has 0 aliphatic rings. The van der Waals surface area contributed by atoms with Crippen LogP contribution in [0.25, 0.3) is 0 Å². The van der Waals surface area contributed by atoms with Crippen LogP contribution in [0.3, 0.4) is 0 Å². The summed E-state index contributed by atoms with van der Waals surface area (Å²) in [6.45, 7) is 5.94. The van der Waals surface area contributed by atoms with E-state index in [1.807, 2.05) is 6.08 Å². The van der Waals surface area contributed by atoms with Crippen molar-refractivity contribution in [1.82, 2.24) is 0 Å². The van der Waals surface area contributed by atoms with Crippen LogP contribution in [0.4, 0.5) is 0 Å². The average Bonchev–Trinajstić information content (AvgIpc) is 2.14. The lowest BCUT2D eigenvalue weighted by molar-refractivity contribution is 1.20. The number of halogens is 3. The second kappa shape index (κ2) is 6.59. The van der Waals surface area contributed by atoms with Gasteiger partial charge in [-0.05, 0) is 30.2 Å². The molecule has 0 aliphatic carbocycles. The molecule has 0 fully saturated rings. The van der Waals surface area contributed by atoms with Crippen molar-refractivity contribution in [2.75, 3.05) is 0 Å². The van der Waals surface area contributed by atoms with Gasteiger partial charge in [-0.2, -0.15) is 11.1 Å². The van der Waals surface area contributed by atoms with E-state index < -0.39 is 14.1 Å². The van der Waals surface area contributed by atoms with Crippen LogP contribution in [0.5, 0.6) is 0 Å². The van der Waals surface area contributed by atoms with Crippen molar-refractivity contribution in [3.05, 3.63) is 12.7 Å². The SMILES string of the molecule is C=CC[Si](Cl)(Cl)CC[Si](Cl)(CC)CC. The van der Waals surface area contributed by atoms with Gasteiger partial charge in [-0.15, -0.1) is 28.7 Å². The van der Waals surface area contributed by atoms with Crippen LogP contribution < -0.4 is 0 Å². The Morgan fingerprint density at radius 2 is 1.57 bits per heavy atom. The molecule has 14 heavy (non-hydrogen) atoms. The highest BCUT2D eigenvalue weighted by Gasteiger charge is 2.33. The normalized spacial score (nSPS) is 12.9. The first kappa shape index (κ1) is 15.0. The Hall–Kier alpha value is 1.04. The predicted octanol–water partition coefficient (Wildman–Crippen LogP) is 5.32. The van der Waals surface area contributed by atoms with Gasteiger partial charge in [0.2, 0.25) is 0 Å². The molecule has 84 valence electrons. The summed E-state index contributed by atoms with van der Waals surface area (Å²) in [5, 5.41) is 0. The standard InChI is InChI=1S/C9H19Cl3Si2/c1-4-7-14(11,12)9-8-13(10,5-2)6-3/h4H,1,5-9H2,2-3H3. The summed E-state index contributed by atoms with van der Waals surface area (Å²) in [7, 11) is -1.53. The van der Waals surface area contributed by atoms with Crippen LogP contribution in [0, 0.1) is 0 Å². The Morgan fingerprint density at radius 3 is 1.93 bits per heavy atom. The third kappa shape index (κ3) is 5.81.